The van der Waals surface area contributed by atoms with Crippen LogP contribution < -0.4 is 5.32 Å². The lowest BCUT2D eigenvalue weighted by Gasteiger charge is -2.42. The molecule has 2 unspecified atom stereocenters. The van der Waals surface area contributed by atoms with Crippen LogP contribution >= 0.6 is 0 Å². The second kappa shape index (κ2) is 4.03. The standard InChI is InChI=1S/C13H22N4O/c1-12(2)4-5-13(9-12)11(14-6-7-18-13)10-8-15-17(3)16-10/h8,11,14H,4-7,9H2,1-3H3. The van der Waals surface area contributed by atoms with Gasteiger partial charge in [0.2, 0.25) is 0 Å². The summed E-state index contributed by atoms with van der Waals surface area (Å²) in [7, 11) is 1.86. The van der Waals surface area contributed by atoms with Crippen molar-refractivity contribution in [2.24, 2.45) is 12.5 Å². The second-order valence-electron chi connectivity index (χ2n) is 6.40. The summed E-state index contributed by atoms with van der Waals surface area (Å²) >= 11 is 0. The van der Waals surface area contributed by atoms with Crippen LogP contribution in [0.25, 0.3) is 0 Å². The average molecular weight is 250 g/mol. The topological polar surface area (TPSA) is 52.0 Å². The van der Waals surface area contributed by atoms with E-state index in [1.54, 1.807) is 4.80 Å². The van der Waals surface area contributed by atoms with Crippen molar-refractivity contribution < 1.29 is 4.74 Å². The predicted molar refractivity (Wildman–Crippen MR) is 68.1 cm³/mol. The molecule has 0 radical (unpaired) electrons. The van der Waals surface area contributed by atoms with E-state index in [2.05, 4.69) is 29.4 Å². The molecule has 1 aromatic heterocycles. The minimum absolute atomic E-state index is 0.0855. The molecular formula is C13H22N4O. The van der Waals surface area contributed by atoms with E-state index in [9.17, 15) is 0 Å². The van der Waals surface area contributed by atoms with Gasteiger partial charge in [-0.05, 0) is 24.7 Å². The van der Waals surface area contributed by atoms with Crippen LogP contribution in [0.2, 0.25) is 0 Å². The van der Waals surface area contributed by atoms with Gasteiger partial charge in [-0.25, -0.2) is 0 Å². The fourth-order valence-electron chi connectivity index (χ4n) is 3.50. The SMILES string of the molecule is Cn1ncc(C2NCCOC23CCC(C)(C)C3)n1. The quantitative estimate of drug-likeness (QED) is 0.819. The Morgan fingerprint density at radius 3 is 2.89 bits per heavy atom. The van der Waals surface area contributed by atoms with Gasteiger partial charge in [0, 0.05) is 13.6 Å². The number of ether oxygens (including phenoxy) is 1. The molecule has 1 spiro atoms. The lowest BCUT2D eigenvalue weighted by atomic mass is 9.83. The molecule has 1 saturated carbocycles. The summed E-state index contributed by atoms with van der Waals surface area (Å²) in [6, 6.07) is 0.182. The summed E-state index contributed by atoms with van der Waals surface area (Å²) in [5.41, 5.74) is 1.28. The number of nitrogens with zero attached hydrogens (tertiary/aromatic N) is 3. The van der Waals surface area contributed by atoms with Crippen LogP contribution in [-0.4, -0.2) is 33.7 Å². The van der Waals surface area contributed by atoms with Gasteiger partial charge in [0.05, 0.1) is 24.4 Å². The number of aryl methyl sites for hydroxylation is 1. The van der Waals surface area contributed by atoms with Gasteiger partial charge in [0.1, 0.15) is 5.69 Å². The van der Waals surface area contributed by atoms with Gasteiger partial charge in [-0.1, -0.05) is 13.8 Å². The lowest BCUT2D eigenvalue weighted by Crippen LogP contribution is -2.51. The maximum atomic E-state index is 6.20. The van der Waals surface area contributed by atoms with Crippen LogP contribution in [0.15, 0.2) is 6.20 Å². The summed E-state index contributed by atoms with van der Waals surface area (Å²) in [6.07, 6.45) is 5.27. The van der Waals surface area contributed by atoms with Crippen molar-refractivity contribution in [1.82, 2.24) is 20.3 Å². The van der Waals surface area contributed by atoms with E-state index in [-0.39, 0.29) is 11.6 Å². The van der Waals surface area contributed by atoms with Crippen molar-refractivity contribution in [3.8, 4) is 0 Å². The molecule has 1 saturated heterocycles. The third-order valence-corrected chi connectivity index (χ3v) is 4.28. The molecule has 2 aliphatic rings. The summed E-state index contributed by atoms with van der Waals surface area (Å²) in [6.45, 7) is 6.34. The van der Waals surface area contributed by atoms with Crippen LogP contribution in [0.3, 0.4) is 0 Å². The van der Waals surface area contributed by atoms with Gasteiger partial charge in [-0.3, -0.25) is 0 Å². The first-order chi connectivity index (χ1) is 8.51. The smallest absolute Gasteiger partial charge is 0.103 e. The molecule has 0 amide bonds. The minimum Gasteiger partial charge on any atom is -0.372 e. The highest BCUT2D eigenvalue weighted by Gasteiger charge is 2.51. The molecule has 5 heteroatoms. The number of hydrogen-bond acceptors (Lipinski definition) is 4. The van der Waals surface area contributed by atoms with Crippen molar-refractivity contribution >= 4 is 0 Å². The van der Waals surface area contributed by atoms with Crippen LogP contribution in [0.1, 0.15) is 44.8 Å². The first kappa shape index (κ1) is 12.1. The highest BCUT2D eigenvalue weighted by molar-refractivity contribution is 5.14. The fraction of sp³-hybridized carbons (Fsp3) is 0.846. The molecule has 2 atom stereocenters. The van der Waals surface area contributed by atoms with Crippen molar-refractivity contribution in [2.45, 2.75) is 44.8 Å². The Labute approximate surface area is 108 Å². The Balaban J connectivity index is 1.91. The Bertz CT molecular complexity index is 442. The van der Waals surface area contributed by atoms with Crippen LogP contribution in [0.5, 0.6) is 0 Å². The lowest BCUT2D eigenvalue weighted by molar-refractivity contribution is -0.0997. The number of nitrogens with one attached hydrogen (secondary N) is 1. The van der Waals surface area contributed by atoms with E-state index in [0.29, 0.717) is 5.41 Å². The van der Waals surface area contributed by atoms with Gasteiger partial charge in [0.15, 0.2) is 0 Å². The first-order valence-electron chi connectivity index (χ1n) is 6.74. The third kappa shape index (κ3) is 1.95. The molecule has 0 bridgehead atoms. The Morgan fingerprint density at radius 2 is 2.28 bits per heavy atom. The molecule has 0 aromatic carbocycles. The molecule has 1 aliphatic carbocycles. The van der Waals surface area contributed by atoms with Crippen molar-refractivity contribution in [3.05, 3.63) is 11.9 Å². The van der Waals surface area contributed by atoms with Crippen molar-refractivity contribution in [1.29, 1.82) is 0 Å². The summed E-state index contributed by atoms with van der Waals surface area (Å²) in [4.78, 5) is 1.62. The molecular weight excluding hydrogens is 228 g/mol. The van der Waals surface area contributed by atoms with Gasteiger partial charge in [-0.2, -0.15) is 15.0 Å². The van der Waals surface area contributed by atoms with Crippen LogP contribution in [0.4, 0.5) is 0 Å². The molecule has 1 aliphatic heterocycles. The Kier molecular flexibility index (Phi) is 2.71. The fourth-order valence-corrected chi connectivity index (χ4v) is 3.50. The van der Waals surface area contributed by atoms with Crippen molar-refractivity contribution in [2.75, 3.05) is 13.2 Å². The van der Waals surface area contributed by atoms with Crippen LogP contribution in [0, 0.1) is 5.41 Å². The number of aromatic nitrogens is 3. The maximum absolute atomic E-state index is 6.20. The minimum atomic E-state index is -0.0855. The molecule has 1 N–H and O–H groups in total. The van der Waals surface area contributed by atoms with Crippen molar-refractivity contribution in [3.63, 3.8) is 0 Å². The molecule has 3 rings (SSSR count). The maximum Gasteiger partial charge on any atom is 0.103 e. The van der Waals surface area contributed by atoms with Crippen LogP contribution in [-0.2, 0) is 11.8 Å². The normalized spacial score (nSPS) is 35.2. The van der Waals surface area contributed by atoms with Gasteiger partial charge < -0.3 is 10.1 Å². The van der Waals surface area contributed by atoms with E-state index in [1.165, 1.54) is 6.42 Å². The van der Waals surface area contributed by atoms with E-state index in [1.807, 2.05) is 13.2 Å². The second-order valence-corrected chi connectivity index (χ2v) is 6.40. The zero-order chi connectivity index (χ0) is 12.8. The van der Waals surface area contributed by atoms with E-state index in [0.717, 1.165) is 31.7 Å². The van der Waals surface area contributed by atoms with E-state index >= 15 is 0 Å². The monoisotopic (exact) mass is 250 g/mol. The van der Waals surface area contributed by atoms with Gasteiger partial charge in [0.25, 0.3) is 0 Å². The number of hydrogen-bond donors (Lipinski definition) is 1. The van der Waals surface area contributed by atoms with E-state index in [4.69, 9.17) is 4.74 Å². The average Bonchev–Trinajstić information content (AvgIpc) is 2.85. The largest absolute Gasteiger partial charge is 0.372 e. The molecule has 1 aromatic rings. The Morgan fingerprint density at radius 1 is 1.44 bits per heavy atom. The molecule has 100 valence electrons. The third-order valence-electron chi connectivity index (χ3n) is 4.28. The Hall–Kier alpha value is -0.940. The zero-order valence-electron chi connectivity index (χ0n) is 11.4. The van der Waals surface area contributed by atoms with Gasteiger partial charge >= 0.3 is 0 Å². The van der Waals surface area contributed by atoms with E-state index < -0.39 is 0 Å². The summed E-state index contributed by atoms with van der Waals surface area (Å²) < 4.78 is 6.20. The summed E-state index contributed by atoms with van der Waals surface area (Å²) in [5.74, 6) is 0. The number of rotatable bonds is 1. The molecule has 2 heterocycles. The zero-order valence-corrected chi connectivity index (χ0v) is 11.4. The number of morpholine rings is 1. The highest BCUT2D eigenvalue weighted by Crippen LogP contribution is 2.51. The molecule has 18 heavy (non-hydrogen) atoms. The highest BCUT2D eigenvalue weighted by atomic mass is 16.5. The first-order valence-corrected chi connectivity index (χ1v) is 6.74. The predicted octanol–water partition coefficient (Wildman–Crippen LogP) is 1.42. The molecule has 5 nitrogen and oxygen atoms in total. The summed E-state index contributed by atoms with van der Waals surface area (Å²) in [5, 5.41) is 12.2. The molecule has 2 fully saturated rings. The van der Waals surface area contributed by atoms with Gasteiger partial charge in [-0.15, -0.1) is 0 Å².